The summed E-state index contributed by atoms with van der Waals surface area (Å²) < 4.78 is 5.61. The fourth-order valence-corrected chi connectivity index (χ4v) is 3.18. The van der Waals surface area contributed by atoms with Crippen molar-refractivity contribution in [1.82, 2.24) is 5.32 Å². The predicted molar refractivity (Wildman–Crippen MR) is 74.9 cm³/mol. The van der Waals surface area contributed by atoms with E-state index in [9.17, 15) is 5.11 Å². The maximum atomic E-state index is 10.4. The zero-order valence-corrected chi connectivity index (χ0v) is 12.0. The fraction of sp³-hybridized carbons (Fsp3) is 0.714. The van der Waals surface area contributed by atoms with Crippen molar-refractivity contribution < 1.29 is 9.84 Å². The van der Waals surface area contributed by atoms with Crippen LogP contribution in [0.5, 0.6) is 0 Å². The van der Waals surface area contributed by atoms with Gasteiger partial charge in [-0.05, 0) is 30.2 Å². The monoisotopic (exact) mass is 269 g/mol. The lowest BCUT2D eigenvalue weighted by molar-refractivity contribution is 0.0770. The highest BCUT2D eigenvalue weighted by Gasteiger charge is 2.26. The van der Waals surface area contributed by atoms with Crippen molar-refractivity contribution in [3.63, 3.8) is 0 Å². The molecule has 3 atom stereocenters. The van der Waals surface area contributed by atoms with Crippen molar-refractivity contribution in [2.75, 3.05) is 13.2 Å². The molecule has 2 heterocycles. The van der Waals surface area contributed by atoms with Crippen molar-refractivity contribution in [2.24, 2.45) is 5.92 Å². The average Bonchev–Trinajstić information content (AvgIpc) is 3.01. The summed E-state index contributed by atoms with van der Waals surface area (Å²) in [7, 11) is 0. The summed E-state index contributed by atoms with van der Waals surface area (Å²) in [5, 5.41) is 15.9. The Kier molecular flexibility index (Phi) is 5.18. The molecule has 1 saturated heterocycles. The molecule has 0 radical (unpaired) electrons. The highest BCUT2D eigenvalue weighted by molar-refractivity contribution is 7.10. The van der Waals surface area contributed by atoms with Crippen molar-refractivity contribution in [1.29, 1.82) is 0 Å². The topological polar surface area (TPSA) is 41.5 Å². The molecule has 4 heteroatoms. The Morgan fingerprint density at radius 2 is 2.39 bits per heavy atom. The van der Waals surface area contributed by atoms with Gasteiger partial charge < -0.3 is 15.2 Å². The van der Waals surface area contributed by atoms with Crippen LogP contribution in [0.25, 0.3) is 0 Å². The molecule has 1 fully saturated rings. The molecule has 0 aliphatic carbocycles. The first-order chi connectivity index (χ1) is 8.68. The molecule has 0 bridgehead atoms. The summed E-state index contributed by atoms with van der Waals surface area (Å²) in [6.07, 6.45) is 2.19. The van der Waals surface area contributed by atoms with Gasteiger partial charge in [-0.1, -0.05) is 19.9 Å². The minimum atomic E-state index is -0.425. The number of thiophene rings is 1. The van der Waals surface area contributed by atoms with Gasteiger partial charge in [-0.25, -0.2) is 0 Å². The predicted octanol–water partition coefficient (Wildman–Crippen LogP) is 2.57. The number of hydrogen-bond acceptors (Lipinski definition) is 4. The molecule has 2 rings (SSSR count). The van der Waals surface area contributed by atoms with Gasteiger partial charge in [0.15, 0.2) is 0 Å². The van der Waals surface area contributed by atoms with E-state index in [4.69, 9.17) is 4.74 Å². The maximum absolute atomic E-state index is 10.4. The van der Waals surface area contributed by atoms with Crippen LogP contribution in [0.2, 0.25) is 0 Å². The van der Waals surface area contributed by atoms with Crippen LogP contribution in [-0.4, -0.2) is 30.4 Å². The molecule has 102 valence electrons. The standard InChI is InChI=1S/C14H23NO2S/c1-10(2)13(14(16)12-6-4-8-18-12)15-9-11-5-3-7-17-11/h4,6,8,10-11,13-16H,3,5,7,9H2,1-2H3. The third-order valence-corrected chi connectivity index (χ3v) is 4.44. The molecule has 0 aromatic carbocycles. The fourth-order valence-electron chi connectivity index (χ4n) is 2.42. The summed E-state index contributed by atoms with van der Waals surface area (Å²) in [5.41, 5.74) is 0. The van der Waals surface area contributed by atoms with Gasteiger partial charge in [0.25, 0.3) is 0 Å². The van der Waals surface area contributed by atoms with E-state index < -0.39 is 6.10 Å². The molecule has 0 spiro atoms. The number of aliphatic hydroxyl groups is 1. The lowest BCUT2D eigenvalue weighted by Crippen LogP contribution is -2.42. The number of hydrogen-bond donors (Lipinski definition) is 2. The normalized spacial score (nSPS) is 23.4. The van der Waals surface area contributed by atoms with Gasteiger partial charge in [0.2, 0.25) is 0 Å². The van der Waals surface area contributed by atoms with Crippen molar-refractivity contribution in [3.8, 4) is 0 Å². The second-order valence-electron chi connectivity index (χ2n) is 5.27. The SMILES string of the molecule is CC(C)C(NCC1CCCO1)C(O)c1cccs1. The molecule has 18 heavy (non-hydrogen) atoms. The highest BCUT2D eigenvalue weighted by Crippen LogP contribution is 2.26. The summed E-state index contributed by atoms with van der Waals surface area (Å²) >= 11 is 1.61. The molecule has 3 unspecified atom stereocenters. The molecule has 1 aliphatic rings. The van der Waals surface area contributed by atoms with Crippen LogP contribution in [0.1, 0.15) is 37.7 Å². The quantitative estimate of drug-likeness (QED) is 0.834. The third kappa shape index (κ3) is 3.54. The van der Waals surface area contributed by atoms with Gasteiger partial charge >= 0.3 is 0 Å². The minimum Gasteiger partial charge on any atom is -0.386 e. The number of nitrogens with one attached hydrogen (secondary N) is 1. The summed E-state index contributed by atoms with van der Waals surface area (Å²) in [6.45, 7) is 6.01. The number of ether oxygens (including phenoxy) is 1. The molecule has 0 saturated carbocycles. The Labute approximate surface area is 113 Å². The van der Waals surface area contributed by atoms with E-state index >= 15 is 0 Å². The zero-order valence-electron chi connectivity index (χ0n) is 11.1. The minimum absolute atomic E-state index is 0.0906. The number of aliphatic hydroxyl groups excluding tert-OH is 1. The summed E-state index contributed by atoms with van der Waals surface area (Å²) in [4.78, 5) is 1.04. The molecule has 0 amide bonds. The second-order valence-corrected chi connectivity index (χ2v) is 6.25. The lowest BCUT2D eigenvalue weighted by Gasteiger charge is -2.28. The Balaban J connectivity index is 1.90. The van der Waals surface area contributed by atoms with Crippen LogP contribution >= 0.6 is 11.3 Å². The lowest BCUT2D eigenvalue weighted by atomic mass is 9.97. The van der Waals surface area contributed by atoms with E-state index in [1.165, 1.54) is 0 Å². The van der Waals surface area contributed by atoms with E-state index in [0.717, 1.165) is 30.9 Å². The van der Waals surface area contributed by atoms with Gasteiger partial charge in [-0.15, -0.1) is 11.3 Å². The smallest absolute Gasteiger partial charge is 0.104 e. The summed E-state index contributed by atoms with van der Waals surface area (Å²) in [5.74, 6) is 0.392. The molecule has 3 nitrogen and oxygen atoms in total. The average molecular weight is 269 g/mol. The van der Waals surface area contributed by atoms with Gasteiger partial charge in [0, 0.05) is 24.1 Å². The zero-order chi connectivity index (χ0) is 13.0. The van der Waals surface area contributed by atoms with E-state index in [-0.39, 0.29) is 6.04 Å². The Morgan fingerprint density at radius 1 is 1.56 bits per heavy atom. The van der Waals surface area contributed by atoms with Crippen molar-refractivity contribution in [3.05, 3.63) is 22.4 Å². The van der Waals surface area contributed by atoms with Crippen molar-refractivity contribution >= 4 is 11.3 Å². The molecule has 1 aromatic rings. The Bertz CT molecular complexity index is 334. The first kappa shape index (κ1) is 14.0. The first-order valence-electron chi connectivity index (χ1n) is 6.75. The Morgan fingerprint density at radius 3 is 2.94 bits per heavy atom. The van der Waals surface area contributed by atoms with E-state index in [1.807, 2.05) is 17.5 Å². The van der Waals surface area contributed by atoms with Crippen LogP contribution in [0.4, 0.5) is 0 Å². The van der Waals surface area contributed by atoms with Crippen LogP contribution < -0.4 is 5.32 Å². The van der Waals surface area contributed by atoms with Gasteiger partial charge in [0.1, 0.15) is 6.10 Å². The summed E-state index contributed by atoms with van der Waals surface area (Å²) in [6, 6.07) is 4.08. The van der Waals surface area contributed by atoms with Gasteiger partial charge in [0.05, 0.1) is 6.10 Å². The van der Waals surface area contributed by atoms with E-state index in [2.05, 4.69) is 19.2 Å². The van der Waals surface area contributed by atoms with Gasteiger partial charge in [-0.2, -0.15) is 0 Å². The van der Waals surface area contributed by atoms with E-state index in [1.54, 1.807) is 11.3 Å². The molecular weight excluding hydrogens is 246 g/mol. The van der Waals surface area contributed by atoms with Gasteiger partial charge in [-0.3, -0.25) is 0 Å². The van der Waals surface area contributed by atoms with Crippen LogP contribution in [0.15, 0.2) is 17.5 Å². The second kappa shape index (κ2) is 6.66. The molecule has 2 N–H and O–H groups in total. The molecule has 1 aliphatic heterocycles. The van der Waals surface area contributed by atoms with Crippen molar-refractivity contribution in [2.45, 2.75) is 44.9 Å². The Hall–Kier alpha value is -0.420. The van der Waals surface area contributed by atoms with Crippen LogP contribution in [-0.2, 0) is 4.74 Å². The number of rotatable bonds is 6. The molecular formula is C14H23NO2S. The largest absolute Gasteiger partial charge is 0.386 e. The maximum Gasteiger partial charge on any atom is 0.104 e. The van der Waals surface area contributed by atoms with Crippen LogP contribution in [0.3, 0.4) is 0 Å². The van der Waals surface area contributed by atoms with Crippen LogP contribution in [0, 0.1) is 5.92 Å². The third-order valence-electron chi connectivity index (χ3n) is 3.50. The highest BCUT2D eigenvalue weighted by atomic mass is 32.1. The molecule has 1 aromatic heterocycles. The first-order valence-corrected chi connectivity index (χ1v) is 7.63. The van der Waals surface area contributed by atoms with E-state index in [0.29, 0.717) is 12.0 Å².